The lowest BCUT2D eigenvalue weighted by Crippen LogP contribution is -2.43. The molecule has 20 heavy (non-hydrogen) atoms. The van der Waals surface area contributed by atoms with Crippen LogP contribution in [0.15, 0.2) is 4.99 Å². The minimum atomic E-state index is 0.551. The van der Waals surface area contributed by atoms with Gasteiger partial charge in [-0.25, -0.2) is 0 Å². The normalized spacial score (nSPS) is 30.1. The summed E-state index contributed by atoms with van der Waals surface area (Å²) in [4.78, 5) is 7.37. The molecule has 0 bridgehead atoms. The molecule has 116 valence electrons. The number of guanidine groups is 1. The van der Waals surface area contributed by atoms with E-state index >= 15 is 0 Å². The lowest BCUT2D eigenvalue weighted by Gasteiger charge is -2.34. The second kappa shape index (κ2) is 7.30. The largest absolute Gasteiger partial charge is 0.357 e. The second-order valence-electron chi connectivity index (χ2n) is 6.75. The first kappa shape index (κ1) is 15.6. The number of piperidine rings is 1. The summed E-state index contributed by atoms with van der Waals surface area (Å²) >= 11 is 0. The Morgan fingerprint density at radius 3 is 2.50 bits per heavy atom. The third kappa shape index (κ3) is 4.65. The summed E-state index contributed by atoms with van der Waals surface area (Å²) in [5, 5.41) is 6.89. The number of aliphatic imine (C=N–C) groups is 1. The van der Waals surface area contributed by atoms with Crippen molar-refractivity contribution in [3.63, 3.8) is 0 Å². The third-order valence-electron chi connectivity index (χ3n) is 4.73. The number of nitrogens with one attached hydrogen (secondary N) is 2. The molecule has 1 saturated heterocycles. The van der Waals surface area contributed by atoms with Crippen molar-refractivity contribution in [2.75, 3.05) is 26.2 Å². The van der Waals surface area contributed by atoms with Crippen LogP contribution in [0.25, 0.3) is 0 Å². The Balaban J connectivity index is 1.78. The van der Waals surface area contributed by atoms with E-state index < -0.39 is 0 Å². The molecule has 0 aromatic heterocycles. The standard InChI is InChI=1S/C16H32N4/c1-5-17-16(19-15-10-13(15)3)18-11-14(4)20-8-6-12(2)7-9-20/h12-15H,5-11H2,1-4H3,(H2,17,18,19). The molecular weight excluding hydrogens is 248 g/mol. The molecule has 1 saturated carbocycles. The molecule has 4 heteroatoms. The molecule has 0 spiro atoms. The summed E-state index contributed by atoms with van der Waals surface area (Å²) in [6, 6.07) is 1.19. The van der Waals surface area contributed by atoms with Gasteiger partial charge in [-0.15, -0.1) is 0 Å². The zero-order valence-corrected chi connectivity index (χ0v) is 13.7. The topological polar surface area (TPSA) is 39.7 Å². The molecular formula is C16H32N4. The maximum atomic E-state index is 4.77. The second-order valence-corrected chi connectivity index (χ2v) is 6.75. The SMILES string of the molecule is CCNC(=NCC(C)N1CCC(C)CC1)NC1CC1C. The van der Waals surface area contributed by atoms with Gasteiger partial charge in [0, 0.05) is 18.6 Å². The zero-order valence-electron chi connectivity index (χ0n) is 13.7. The number of hydrogen-bond acceptors (Lipinski definition) is 2. The van der Waals surface area contributed by atoms with E-state index in [0.717, 1.165) is 30.9 Å². The predicted molar refractivity (Wildman–Crippen MR) is 86.1 cm³/mol. The molecule has 0 aromatic rings. The van der Waals surface area contributed by atoms with Crippen LogP contribution in [0.4, 0.5) is 0 Å². The van der Waals surface area contributed by atoms with Gasteiger partial charge < -0.3 is 10.6 Å². The van der Waals surface area contributed by atoms with E-state index in [2.05, 4.69) is 43.2 Å². The van der Waals surface area contributed by atoms with E-state index in [-0.39, 0.29) is 0 Å². The van der Waals surface area contributed by atoms with Gasteiger partial charge in [0.1, 0.15) is 0 Å². The van der Waals surface area contributed by atoms with Crippen LogP contribution in [0.1, 0.15) is 47.0 Å². The van der Waals surface area contributed by atoms with Crippen molar-refractivity contribution >= 4 is 5.96 Å². The quantitative estimate of drug-likeness (QED) is 0.598. The van der Waals surface area contributed by atoms with Crippen molar-refractivity contribution < 1.29 is 0 Å². The summed E-state index contributed by atoms with van der Waals surface area (Å²) in [6.45, 7) is 13.4. The molecule has 3 atom stereocenters. The minimum Gasteiger partial charge on any atom is -0.357 e. The summed E-state index contributed by atoms with van der Waals surface area (Å²) < 4.78 is 0. The molecule has 2 fully saturated rings. The first-order chi connectivity index (χ1) is 9.60. The molecule has 0 amide bonds. The Kier molecular flexibility index (Phi) is 5.70. The molecule has 2 N–H and O–H groups in total. The number of rotatable bonds is 5. The molecule has 2 rings (SSSR count). The lowest BCUT2D eigenvalue weighted by molar-refractivity contribution is 0.150. The highest BCUT2D eigenvalue weighted by molar-refractivity contribution is 5.80. The fraction of sp³-hybridized carbons (Fsp3) is 0.938. The van der Waals surface area contributed by atoms with Crippen LogP contribution >= 0.6 is 0 Å². The molecule has 1 heterocycles. The van der Waals surface area contributed by atoms with E-state index in [1.54, 1.807) is 0 Å². The Bertz CT molecular complexity index is 320. The van der Waals surface area contributed by atoms with Gasteiger partial charge in [-0.1, -0.05) is 13.8 Å². The van der Waals surface area contributed by atoms with Gasteiger partial charge >= 0.3 is 0 Å². The van der Waals surface area contributed by atoms with Crippen LogP contribution in [-0.4, -0.2) is 49.1 Å². The van der Waals surface area contributed by atoms with E-state index in [0.29, 0.717) is 12.1 Å². The summed E-state index contributed by atoms with van der Waals surface area (Å²) in [5.74, 6) is 2.70. The van der Waals surface area contributed by atoms with Crippen LogP contribution in [0.2, 0.25) is 0 Å². The van der Waals surface area contributed by atoms with Crippen molar-refractivity contribution in [2.24, 2.45) is 16.8 Å². The molecule has 4 nitrogen and oxygen atoms in total. The van der Waals surface area contributed by atoms with Crippen LogP contribution in [0.3, 0.4) is 0 Å². The Morgan fingerprint density at radius 2 is 1.95 bits per heavy atom. The smallest absolute Gasteiger partial charge is 0.191 e. The number of hydrogen-bond donors (Lipinski definition) is 2. The van der Waals surface area contributed by atoms with E-state index in [1.807, 2.05) is 0 Å². The lowest BCUT2D eigenvalue weighted by atomic mass is 9.98. The van der Waals surface area contributed by atoms with Gasteiger partial charge in [0.15, 0.2) is 5.96 Å². The molecule has 3 unspecified atom stereocenters. The zero-order chi connectivity index (χ0) is 14.5. The number of nitrogens with zero attached hydrogens (tertiary/aromatic N) is 2. The first-order valence-electron chi connectivity index (χ1n) is 8.39. The van der Waals surface area contributed by atoms with Crippen molar-refractivity contribution in [1.29, 1.82) is 0 Å². The van der Waals surface area contributed by atoms with Crippen LogP contribution in [0.5, 0.6) is 0 Å². The fourth-order valence-corrected chi connectivity index (χ4v) is 2.83. The molecule has 2 aliphatic rings. The van der Waals surface area contributed by atoms with Crippen LogP contribution in [0, 0.1) is 11.8 Å². The maximum Gasteiger partial charge on any atom is 0.191 e. The van der Waals surface area contributed by atoms with Gasteiger partial charge in [-0.3, -0.25) is 9.89 Å². The first-order valence-corrected chi connectivity index (χ1v) is 8.39. The Hall–Kier alpha value is -0.770. The Morgan fingerprint density at radius 1 is 1.30 bits per heavy atom. The Labute approximate surface area is 124 Å². The van der Waals surface area contributed by atoms with E-state index in [9.17, 15) is 0 Å². The molecule has 1 aliphatic heterocycles. The summed E-state index contributed by atoms with van der Waals surface area (Å²) in [6.07, 6.45) is 3.96. The van der Waals surface area contributed by atoms with Crippen molar-refractivity contribution in [3.8, 4) is 0 Å². The van der Waals surface area contributed by atoms with Gasteiger partial charge in [0.2, 0.25) is 0 Å². The maximum absolute atomic E-state index is 4.77. The highest BCUT2D eigenvalue weighted by atomic mass is 15.2. The molecule has 0 radical (unpaired) electrons. The summed E-state index contributed by atoms with van der Waals surface area (Å²) in [7, 11) is 0. The van der Waals surface area contributed by atoms with Crippen molar-refractivity contribution in [3.05, 3.63) is 0 Å². The minimum absolute atomic E-state index is 0.551. The van der Waals surface area contributed by atoms with Gasteiger partial charge in [0.25, 0.3) is 0 Å². The molecule has 0 aromatic carbocycles. The van der Waals surface area contributed by atoms with Crippen molar-refractivity contribution in [1.82, 2.24) is 15.5 Å². The average Bonchev–Trinajstić information content (AvgIpc) is 3.12. The molecule has 1 aliphatic carbocycles. The highest BCUT2D eigenvalue weighted by Crippen LogP contribution is 2.28. The third-order valence-corrected chi connectivity index (χ3v) is 4.73. The van der Waals surface area contributed by atoms with Crippen LogP contribution < -0.4 is 10.6 Å². The number of likely N-dealkylation sites (tertiary alicyclic amines) is 1. The van der Waals surface area contributed by atoms with E-state index in [1.165, 1.54) is 32.4 Å². The van der Waals surface area contributed by atoms with Gasteiger partial charge in [-0.05, 0) is 58.0 Å². The summed E-state index contributed by atoms with van der Waals surface area (Å²) in [5.41, 5.74) is 0. The fourth-order valence-electron chi connectivity index (χ4n) is 2.83. The van der Waals surface area contributed by atoms with Gasteiger partial charge in [-0.2, -0.15) is 0 Å². The predicted octanol–water partition coefficient (Wildman–Crippen LogP) is 2.07. The van der Waals surface area contributed by atoms with E-state index in [4.69, 9.17) is 4.99 Å². The van der Waals surface area contributed by atoms with Crippen LogP contribution in [-0.2, 0) is 0 Å². The monoisotopic (exact) mass is 280 g/mol. The average molecular weight is 280 g/mol. The highest BCUT2D eigenvalue weighted by Gasteiger charge is 2.33. The van der Waals surface area contributed by atoms with Crippen molar-refractivity contribution in [2.45, 2.75) is 59.0 Å². The van der Waals surface area contributed by atoms with Gasteiger partial charge in [0.05, 0.1) is 6.54 Å².